The number of carboxylic acids is 4. The summed E-state index contributed by atoms with van der Waals surface area (Å²) in [6, 6.07) is 9.81. The molecule has 0 radical (unpaired) electrons. The fraction of sp³-hybridized carbons (Fsp3) is 0. The van der Waals surface area contributed by atoms with Crippen LogP contribution in [0.15, 0.2) is 244 Å². The van der Waals surface area contributed by atoms with Crippen LogP contribution in [0.5, 0.6) is 0 Å². The molecule has 0 saturated heterocycles. The summed E-state index contributed by atoms with van der Waals surface area (Å²) in [5.41, 5.74) is 26.6. The summed E-state index contributed by atoms with van der Waals surface area (Å²) in [4.78, 5) is 41.1. The van der Waals surface area contributed by atoms with E-state index < -0.39 is 70.7 Å². The lowest BCUT2D eigenvalue weighted by molar-refractivity contribution is -0.141. The molecule has 0 unspecified atom stereocenters. The third-order valence-corrected chi connectivity index (χ3v) is 7.03. The zero-order chi connectivity index (χ0) is 60.7. The van der Waals surface area contributed by atoms with E-state index in [-0.39, 0.29) is 35.4 Å². The molecule has 440 valence electrons. The smallest absolute Gasteiger partial charge is 0.376 e. The molecule has 0 aromatic heterocycles. The molecule has 0 aliphatic carbocycles. The summed E-state index contributed by atoms with van der Waals surface area (Å²) in [7, 11) is 0. The van der Waals surface area contributed by atoms with E-state index in [4.69, 9.17) is 84.1 Å². The molecule has 1 aromatic carbocycles. The molecule has 36 heteroatoms. The van der Waals surface area contributed by atoms with Crippen LogP contribution >= 0.6 is 0 Å². The summed E-state index contributed by atoms with van der Waals surface area (Å²) < 4.78 is 81.4. The van der Waals surface area contributed by atoms with Gasteiger partial charge in [-0.15, -0.1) is 0 Å². The maximum absolute atomic E-state index is 10.3. The molecule has 9 heterocycles. The SMILES string of the molecule is C1=COC(c2ccccc2)=CO1.NC1=C(N)OC=CO1.NC1=COC=C(N)O1.NC1=COC=CO1.O=C(O)C1=C(C(=O)O)OC=CO1.O=C(O)C1=COC=C(C(=O)O)O1.OC1=C(O)OC=CO1.OC1=COC=C(O)O1.OC1=COC=CO1. The van der Waals surface area contributed by atoms with Crippen LogP contribution in [0.25, 0.3) is 5.76 Å². The van der Waals surface area contributed by atoms with Gasteiger partial charge in [0.15, 0.2) is 43.3 Å². The van der Waals surface area contributed by atoms with Crippen LogP contribution in [0.3, 0.4) is 0 Å². The van der Waals surface area contributed by atoms with Gasteiger partial charge in [0, 0.05) is 5.56 Å². The topological polar surface area (TPSA) is 547 Å². The largest absolute Gasteiger partial charge is 0.478 e. The minimum atomic E-state index is -1.49. The Kier molecular flexibility index (Phi) is 29.1. The lowest BCUT2D eigenvalue weighted by Gasteiger charge is -2.09. The van der Waals surface area contributed by atoms with Crippen LogP contribution in [-0.2, 0) is 104 Å². The first-order chi connectivity index (χ1) is 39.2. The van der Waals surface area contributed by atoms with Crippen molar-refractivity contribution in [2.24, 2.45) is 28.7 Å². The number of ether oxygens (including phenoxy) is 18. The Hall–Kier alpha value is -13.2. The molecule has 0 atom stereocenters. The Morgan fingerprint density at radius 1 is 0.329 bits per heavy atom. The monoisotopic (exact) mass is 1160 g/mol. The van der Waals surface area contributed by atoms with Gasteiger partial charge in [-0.1, -0.05) is 30.3 Å². The van der Waals surface area contributed by atoms with Gasteiger partial charge in [0.25, 0.3) is 23.3 Å². The second kappa shape index (κ2) is 36.7. The number of aliphatic hydroxyl groups is 5. The Labute approximate surface area is 457 Å². The van der Waals surface area contributed by atoms with E-state index in [1.165, 1.54) is 68.9 Å². The van der Waals surface area contributed by atoms with Crippen molar-refractivity contribution in [2.45, 2.75) is 0 Å². The molecule has 0 saturated carbocycles. The van der Waals surface area contributed by atoms with Crippen LogP contribution in [0.4, 0.5) is 0 Å². The zero-order valence-corrected chi connectivity index (χ0v) is 40.9. The molecule has 9 aliphatic heterocycles. The van der Waals surface area contributed by atoms with Gasteiger partial charge in [-0.05, 0) is 0 Å². The molecule has 0 bridgehead atoms. The van der Waals surface area contributed by atoms with Crippen LogP contribution in [-0.4, -0.2) is 69.8 Å². The molecule has 0 fully saturated rings. The molecule has 36 nitrogen and oxygen atoms in total. The van der Waals surface area contributed by atoms with Crippen molar-refractivity contribution >= 4 is 29.6 Å². The summed E-state index contributed by atoms with van der Waals surface area (Å²) in [6.45, 7) is 0. The highest BCUT2D eigenvalue weighted by molar-refractivity contribution is 5.96. The van der Waals surface area contributed by atoms with Crippen molar-refractivity contribution in [1.82, 2.24) is 0 Å². The van der Waals surface area contributed by atoms with E-state index in [9.17, 15) is 19.2 Å². The van der Waals surface area contributed by atoms with Crippen molar-refractivity contribution in [3.05, 3.63) is 250 Å². The highest BCUT2D eigenvalue weighted by Crippen LogP contribution is 2.19. The van der Waals surface area contributed by atoms with E-state index in [2.05, 4.69) is 75.8 Å². The van der Waals surface area contributed by atoms with Crippen molar-refractivity contribution < 1.29 is 150 Å². The van der Waals surface area contributed by atoms with Gasteiger partial charge in [-0.2, -0.15) is 0 Å². The molecule has 10 rings (SSSR count). The lowest BCUT2D eigenvalue weighted by Crippen LogP contribution is -2.15. The molecule has 1 aromatic rings. The molecular weight excluding hydrogens is 1120 g/mol. The first-order valence-electron chi connectivity index (χ1n) is 20.8. The summed E-state index contributed by atoms with van der Waals surface area (Å²) in [5, 5.41) is 75.5. The normalized spacial score (nSPS) is 16.2. The maximum atomic E-state index is 10.3. The van der Waals surface area contributed by atoms with Crippen molar-refractivity contribution in [3.8, 4) is 0 Å². The van der Waals surface area contributed by atoms with Gasteiger partial charge in [0.2, 0.25) is 29.2 Å². The van der Waals surface area contributed by atoms with Crippen molar-refractivity contribution in [3.63, 3.8) is 0 Å². The molecule has 9 aliphatic rings. The fourth-order valence-corrected chi connectivity index (χ4v) is 3.90. The number of rotatable bonds is 5. The van der Waals surface area contributed by atoms with Crippen LogP contribution < -0.4 is 28.7 Å². The number of aliphatic hydroxyl groups excluding tert-OH is 5. The number of hydrogen-bond donors (Lipinski definition) is 14. The Bertz CT molecular complexity index is 2710. The van der Waals surface area contributed by atoms with Gasteiger partial charge in [-0.25, -0.2) is 19.2 Å². The van der Waals surface area contributed by atoms with E-state index in [0.717, 1.165) is 67.7 Å². The van der Waals surface area contributed by atoms with E-state index >= 15 is 0 Å². The predicted molar refractivity (Wildman–Crippen MR) is 259 cm³/mol. The highest BCUT2D eigenvalue weighted by Gasteiger charge is 2.25. The van der Waals surface area contributed by atoms with Crippen molar-refractivity contribution in [1.29, 1.82) is 0 Å². The number of carboxylic acid groups (broad SMARTS) is 4. The van der Waals surface area contributed by atoms with Crippen molar-refractivity contribution in [2.75, 3.05) is 0 Å². The summed E-state index contributed by atoms with van der Waals surface area (Å²) in [6.07, 6.45) is 25.1. The molecule has 0 spiro atoms. The Morgan fingerprint density at radius 3 is 1.02 bits per heavy atom. The number of hydrogen-bond acceptors (Lipinski definition) is 32. The summed E-state index contributed by atoms with van der Waals surface area (Å²) >= 11 is 0. The minimum Gasteiger partial charge on any atom is -0.478 e. The first-order valence-corrected chi connectivity index (χ1v) is 20.8. The van der Waals surface area contributed by atoms with E-state index in [1.807, 2.05) is 30.3 Å². The third kappa shape index (κ3) is 27.9. The quantitative estimate of drug-likeness (QED) is 0.198. The number of benzene rings is 1. The number of carbonyl (C=O) groups is 4. The average molecular weight is 1160 g/mol. The lowest BCUT2D eigenvalue weighted by atomic mass is 10.2. The minimum absolute atomic E-state index is 0.104. The van der Waals surface area contributed by atoms with E-state index in [1.54, 1.807) is 6.26 Å². The highest BCUT2D eigenvalue weighted by atomic mass is 16.7. The predicted octanol–water partition coefficient (Wildman–Crippen LogP) is 3.99. The van der Waals surface area contributed by atoms with Gasteiger partial charge in [-0.3, -0.25) is 0 Å². The molecule has 19 N–H and O–H groups in total. The fourth-order valence-electron chi connectivity index (χ4n) is 3.90. The van der Waals surface area contributed by atoms with Gasteiger partial charge in [0.05, 0.1) is 0 Å². The third-order valence-electron chi connectivity index (χ3n) is 7.03. The second-order valence-corrected chi connectivity index (χ2v) is 12.8. The molecule has 82 heavy (non-hydrogen) atoms. The van der Waals surface area contributed by atoms with Crippen LogP contribution in [0, 0.1) is 0 Å². The Balaban J connectivity index is 0.000000318. The van der Waals surface area contributed by atoms with Crippen LogP contribution in [0.1, 0.15) is 5.56 Å². The average Bonchev–Trinajstić information content (AvgIpc) is 3.50. The number of aliphatic carboxylic acids is 4. The Morgan fingerprint density at radius 2 is 0.720 bits per heavy atom. The molecule has 0 amide bonds. The second-order valence-electron chi connectivity index (χ2n) is 12.8. The van der Waals surface area contributed by atoms with Gasteiger partial charge >= 0.3 is 53.6 Å². The first kappa shape index (κ1) is 64.9. The van der Waals surface area contributed by atoms with Gasteiger partial charge < -0.3 is 160 Å². The van der Waals surface area contributed by atoms with E-state index in [0.29, 0.717) is 0 Å². The van der Waals surface area contributed by atoms with Gasteiger partial charge in [0.1, 0.15) is 93.9 Å². The summed E-state index contributed by atoms with van der Waals surface area (Å²) in [5.74, 6) is -9.13. The molecular formula is C46H45N5O31. The standard InChI is InChI=1S/C10H8O2.2C6H4O6.2C4H6N2O2.C4H5NO2.2C4H4O4.C4H4O3/c1-2-4-9(5-3-1)10-8-11-6-7-12-10;7-5(8)3-1-11-2-4(12-3)6(9)10;7-5(8)3-4(6(9)10)12-2-1-11-3;5-3-1-7-2-4(6)8-3;5-3-4(6)8-2-1-7-3;5-4-3-6-1-2-7-4;5-3-1-7-2-4(6)8-3;5-3-4(6)8-2-1-7-3;5-4-3-6-1-2-7-4/h1-8H;2*1-2H,(H,7,8)(H,9,10);2*1-2H,5-6H2;1-3H,5H2;2*1-2,5-6H;1-3,5H. The van der Waals surface area contributed by atoms with Crippen LogP contribution in [0.2, 0.25) is 0 Å². The number of nitrogens with two attached hydrogens (primary N) is 5. The maximum Gasteiger partial charge on any atom is 0.376 e. The zero-order valence-electron chi connectivity index (χ0n) is 40.9.